The van der Waals surface area contributed by atoms with Gasteiger partial charge in [-0.1, -0.05) is 41.9 Å². The molecule has 0 spiro atoms. The summed E-state index contributed by atoms with van der Waals surface area (Å²) in [6, 6.07) is 11.7. The molecule has 2 N–H and O–H groups in total. The molecule has 3 aromatic rings. The lowest BCUT2D eigenvalue weighted by Gasteiger charge is -2.28. The van der Waals surface area contributed by atoms with Crippen LogP contribution in [0, 0.1) is 0 Å². The number of carbonyl (C=O) groups excluding carboxylic acids is 2. The highest BCUT2D eigenvalue weighted by atomic mass is 35.5. The highest BCUT2D eigenvalue weighted by molar-refractivity contribution is 6.32. The maximum Gasteiger partial charge on any atom is 0.256 e. The van der Waals surface area contributed by atoms with Crippen molar-refractivity contribution in [1.29, 1.82) is 0 Å². The largest absolute Gasteiger partial charge is 0.381 e. The Bertz CT molecular complexity index is 1310. The molecule has 5 rings (SSSR count). The molecule has 0 atom stereocenters. The van der Waals surface area contributed by atoms with Crippen molar-refractivity contribution < 1.29 is 14.3 Å². The number of fused-ring (bicyclic) bond motifs is 1. The fraction of sp³-hybridized carbons (Fsp3) is 0.370. The van der Waals surface area contributed by atoms with E-state index >= 15 is 0 Å². The molecular formula is C27H29ClN6O3. The topological polar surface area (TPSA) is 109 Å². The first-order valence-electron chi connectivity index (χ1n) is 12.3. The Kier molecular flexibility index (Phi) is 7.08. The van der Waals surface area contributed by atoms with Gasteiger partial charge in [0.15, 0.2) is 0 Å². The number of anilines is 1. The second-order valence-electron chi connectivity index (χ2n) is 9.84. The molecule has 2 aromatic heterocycles. The predicted molar refractivity (Wildman–Crippen MR) is 140 cm³/mol. The number of hydrogen-bond acceptors (Lipinski definition) is 7. The van der Waals surface area contributed by atoms with Gasteiger partial charge in [0, 0.05) is 31.0 Å². The number of nitrogens with zero attached hydrogens (tertiary/aromatic N) is 4. The third-order valence-corrected chi connectivity index (χ3v) is 6.96. The number of ether oxygens (including phenoxy) is 1. The van der Waals surface area contributed by atoms with Crippen molar-refractivity contribution in [2.75, 3.05) is 25.1 Å². The van der Waals surface area contributed by atoms with Crippen LogP contribution in [0.1, 0.15) is 48.3 Å². The molecule has 10 heteroatoms. The molecule has 0 radical (unpaired) electrons. The normalized spacial score (nSPS) is 16.0. The van der Waals surface area contributed by atoms with Gasteiger partial charge in [-0.3, -0.25) is 14.6 Å². The number of hydrogen-bond donors (Lipinski definition) is 2. The number of nitrogens with one attached hydrogen (secondary N) is 2. The van der Waals surface area contributed by atoms with Crippen molar-refractivity contribution in [2.45, 2.75) is 44.8 Å². The van der Waals surface area contributed by atoms with Gasteiger partial charge in [0.05, 0.1) is 40.3 Å². The molecule has 0 bridgehead atoms. The Morgan fingerprint density at radius 1 is 1.16 bits per heavy atom. The zero-order valence-corrected chi connectivity index (χ0v) is 21.6. The van der Waals surface area contributed by atoms with Gasteiger partial charge in [-0.05, 0) is 38.3 Å². The molecule has 2 aliphatic heterocycles. The van der Waals surface area contributed by atoms with Crippen LogP contribution in [0.2, 0.25) is 5.02 Å². The molecule has 2 amide bonds. The van der Waals surface area contributed by atoms with Crippen molar-refractivity contribution in [3.05, 3.63) is 70.6 Å². The van der Waals surface area contributed by atoms with Gasteiger partial charge < -0.3 is 20.3 Å². The second kappa shape index (κ2) is 10.4. The van der Waals surface area contributed by atoms with Gasteiger partial charge in [-0.2, -0.15) is 0 Å². The monoisotopic (exact) mass is 520 g/mol. The standard InChI is InChI=1S/C27H29ClN6O3/c1-27(2,18-6-4-3-5-7-18)33-23(35)16-34-15-22-20(25(34)36)12-17(13-29-22)24-21(28)14-30-26(32-24)31-19-8-10-37-11-9-19/h3-7,12-14,19H,8-11,15-16H2,1-2H3,(H,33,35)(H,30,31,32). The molecule has 1 saturated heterocycles. The zero-order chi connectivity index (χ0) is 26.0. The summed E-state index contributed by atoms with van der Waals surface area (Å²) in [7, 11) is 0. The van der Waals surface area contributed by atoms with E-state index < -0.39 is 5.54 Å². The first-order valence-corrected chi connectivity index (χ1v) is 12.7. The summed E-state index contributed by atoms with van der Waals surface area (Å²) in [5, 5.41) is 6.73. The third-order valence-electron chi connectivity index (χ3n) is 6.68. The fourth-order valence-electron chi connectivity index (χ4n) is 4.64. The molecule has 4 heterocycles. The summed E-state index contributed by atoms with van der Waals surface area (Å²) in [4.78, 5) is 40.9. The van der Waals surface area contributed by atoms with Gasteiger partial charge in [-0.25, -0.2) is 9.97 Å². The third kappa shape index (κ3) is 5.57. The molecule has 0 saturated carbocycles. The number of aromatic nitrogens is 3. The average molecular weight is 521 g/mol. The van der Waals surface area contributed by atoms with E-state index in [2.05, 4.69) is 25.6 Å². The van der Waals surface area contributed by atoms with Gasteiger partial charge in [-0.15, -0.1) is 0 Å². The number of pyridine rings is 1. The molecule has 37 heavy (non-hydrogen) atoms. The molecule has 192 valence electrons. The molecular weight excluding hydrogens is 492 g/mol. The van der Waals surface area contributed by atoms with Crippen LogP contribution in [0.15, 0.2) is 48.8 Å². The molecule has 1 fully saturated rings. The summed E-state index contributed by atoms with van der Waals surface area (Å²) < 4.78 is 5.41. The number of carbonyl (C=O) groups is 2. The van der Waals surface area contributed by atoms with E-state index in [-0.39, 0.29) is 30.9 Å². The fourth-order valence-corrected chi connectivity index (χ4v) is 4.84. The molecule has 0 unspecified atom stereocenters. The summed E-state index contributed by atoms with van der Waals surface area (Å²) >= 11 is 6.42. The maximum atomic E-state index is 13.2. The van der Waals surface area contributed by atoms with Crippen molar-refractivity contribution in [1.82, 2.24) is 25.2 Å². The van der Waals surface area contributed by atoms with Gasteiger partial charge in [0.1, 0.15) is 6.54 Å². The number of halogens is 1. The highest BCUT2D eigenvalue weighted by Crippen LogP contribution is 2.30. The van der Waals surface area contributed by atoms with Crippen LogP contribution in [0.5, 0.6) is 0 Å². The van der Waals surface area contributed by atoms with Crippen LogP contribution in [0.25, 0.3) is 11.3 Å². The second-order valence-corrected chi connectivity index (χ2v) is 10.2. The minimum absolute atomic E-state index is 0.0613. The lowest BCUT2D eigenvalue weighted by atomic mass is 9.94. The highest BCUT2D eigenvalue weighted by Gasteiger charge is 2.32. The van der Waals surface area contributed by atoms with Crippen molar-refractivity contribution in [2.24, 2.45) is 0 Å². The van der Waals surface area contributed by atoms with Crippen molar-refractivity contribution in [3.63, 3.8) is 0 Å². The van der Waals surface area contributed by atoms with Gasteiger partial charge >= 0.3 is 0 Å². The Balaban J connectivity index is 1.29. The molecule has 1 aromatic carbocycles. The number of rotatable bonds is 7. The predicted octanol–water partition coefficient (Wildman–Crippen LogP) is 3.79. The number of amides is 2. The molecule has 2 aliphatic rings. The summed E-state index contributed by atoms with van der Waals surface area (Å²) in [5.74, 6) is -0.0156. The van der Waals surface area contributed by atoms with E-state index in [0.717, 1.165) is 18.4 Å². The summed E-state index contributed by atoms with van der Waals surface area (Å²) in [6.45, 7) is 5.48. The van der Waals surface area contributed by atoms with Crippen molar-refractivity contribution >= 4 is 29.4 Å². The van der Waals surface area contributed by atoms with E-state index in [4.69, 9.17) is 16.3 Å². The van der Waals surface area contributed by atoms with Crippen LogP contribution >= 0.6 is 11.6 Å². The molecule has 9 nitrogen and oxygen atoms in total. The van der Waals surface area contributed by atoms with E-state index in [1.165, 1.54) is 4.90 Å². The van der Waals surface area contributed by atoms with Crippen molar-refractivity contribution in [3.8, 4) is 11.3 Å². The van der Waals surface area contributed by atoms with Crippen LogP contribution in [-0.2, 0) is 21.6 Å². The van der Waals surface area contributed by atoms with Crippen LogP contribution < -0.4 is 10.6 Å². The lowest BCUT2D eigenvalue weighted by Crippen LogP contribution is -2.46. The quantitative estimate of drug-likeness (QED) is 0.487. The van der Waals surface area contributed by atoms with E-state index in [1.54, 1.807) is 18.5 Å². The summed E-state index contributed by atoms with van der Waals surface area (Å²) in [5.41, 5.74) is 2.59. The Hall–Kier alpha value is -3.56. The zero-order valence-electron chi connectivity index (χ0n) is 20.8. The first-order chi connectivity index (χ1) is 17.8. The van der Waals surface area contributed by atoms with Crippen LogP contribution in [0.4, 0.5) is 5.95 Å². The minimum atomic E-state index is -0.570. The Labute approximate surface area is 220 Å². The Morgan fingerprint density at radius 2 is 1.92 bits per heavy atom. The average Bonchev–Trinajstić information content (AvgIpc) is 3.20. The van der Waals surface area contributed by atoms with E-state index in [0.29, 0.717) is 46.7 Å². The SMILES string of the molecule is CC(C)(NC(=O)CN1Cc2ncc(-c3nc(NC4CCOCC4)ncc3Cl)cc2C1=O)c1ccccc1. The maximum absolute atomic E-state index is 13.2. The first kappa shape index (κ1) is 25.1. The number of benzene rings is 1. The molecule has 0 aliphatic carbocycles. The van der Waals surface area contributed by atoms with Crippen LogP contribution in [-0.4, -0.2) is 57.5 Å². The Morgan fingerprint density at radius 3 is 2.68 bits per heavy atom. The minimum Gasteiger partial charge on any atom is -0.381 e. The summed E-state index contributed by atoms with van der Waals surface area (Å²) in [6.07, 6.45) is 4.96. The van der Waals surface area contributed by atoms with Crippen LogP contribution in [0.3, 0.4) is 0 Å². The van der Waals surface area contributed by atoms with E-state index in [9.17, 15) is 9.59 Å². The van der Waals surface area contributed by atoms with Gasteiger partial charge in [0.2, 0.25) is 11.9 Å². The lowest BCUT2D eigenvalue weighted by molar-refractivity contribution is -0.123. The van der Waals surface area contributed by atoms with Gasteiger partial charge in [0.25, 0.3) is 5.91 Å². The smallest absolute Gasteiger partial charge is 0.256 e. The van der Waals surface area contributed by atoms with E-state index in [1.807, 2.05) is 44.2 Å².